The molecule has 0 fully saturated rings. The molecular weight excluding hydrogens is 196 g/mol. The lowest BCUT2D eigenvalue weighted by Gasteiger charge is -2.18. The minimum absolute atomic E-state index is 0.212. The van der Waals surface area contributed by atoms with Gasteiger partial charge < -0.3 is 14.6 Å². The SMILES string of the molecule is CC(C)OCCOCCC(C)(C)C(=O)O. The second-order valence-electron chi connectivity index (χ2n) is 4.47. The van der Waals surface area contributed by atoms with Crippen LogP contribution in [0.25, 0.3) is 0 Å². The number of carboxylic acid groups (broad SMARTS) is 1. The van der Waals surface area contributed by atoms with Crippen LogP contribution in [0.5, 0.6) is 0 Å². The second-order valence-corrected chi connectivity index (χ2v) is 4.47. The predicted octanol–water partition coefficient (Wildman–Crippen LogP) is 1.93. The minimum Gasteiger partial charge on any atom is -0.481 e. The molecule has 0 saturated carbocycles. The van der Waals surface area contributed by atoms with Gasteiger partial charge in [0.1, 0.15) is 0 Å². The van der Waals surface area contributed by atoms with E-state index in [1.165, 1.54) is 0 Å². The Kier molecular flexibility index (Phi) is 6.52. The van der Waals surface area contributed by atoms with Crippen LogP contribution in [-0.4, -0.2) is 37.0 Å². The van der Waals surface area contributed by atoms with Crippen LogP contribution in [-0.2, 0) is 14.3 Å². The second kappa shape index (κ2) is 6.80. The van der Waals surface area contributed by atoms with Gasteiger partial charge in [-0.2, -0.15) is 0 Å². The van der Waals surface area contributed by atoms with Crippen LogP contribution in [0, 0.1) is 5.41 Å². The summed E-state index contributed by atoms with van der Waals surface area (Å²) in [6.07, 6.45) is 0.730. The summed E-state index contributed by atoms with van der Waals surface area (Å²) in [6, 6.07) is 0. The Morgan fingerprint density at radius 2 is 1.87 bits per heavy atom. The van der Waals surface area contributed by atoms with Crippen molar-refractivity contribution >= 4 is 5.97 Å². The number of aliphatic carboxylic acids is 1. The Labute approximate surface area is 91.6 Å². The third kappa shape index (κ3) is 7.33. The zero-order valence-corrected chi connectivity index (χ0v) is 10.1. The quantitative estimate of drug-likeness (QED) is 0.632. The van der Waals surface area contributed by atoms with Gasteiger partial charge in [-0.15, -0.1) is 0 Å². The molecule has 0 aliphatic heterocycles. The first-order chi connectivity index (χ1) is 6.86. The van der Waals surface area contributed by atoms with Crippen molar-refractivity contribution in [2.45, 2.75) is 40.2 Å². The normalized spacial score (nSPS) is 12.1. The monoisotopic (exact) mass is 218 g/mol. The number of rotatable bonds is 8. The van der Waals surface area contributed by atoms with Crippen LogP contribution in [0.4, 0.5) is 0 Å². The molecule has 0 aliphatic rings. The summed E-state index contributed by atoms with van der Waals surface area (Å²) >= 11 is 0. The van der Waals surface area contributed by atoms with Gasteiger partial charge in [0, 0.05) is 6.61 Å². The molecule has 0 aromatic rings. The third-order valence-corrected chi connectivity index (χ3v) is 2.13. The molecule has 0 saturated heterocycles. The van der Waals surface area contributed by atoms with Gasteiger partial charge in [-0.05, 0) is 34.1 Å². The lowest BCUT2D eigenvalue weighted by Crippen LogP contribution is -2.25. The Morgan fingerprint density at radius 3 is 2.33 bits per heavy atom. The van der Waals surface area contributed by atoms with Gasteiger partial charge in [0.25, 0.3) is 0 Å². The highest BCUT2D eigenvalue weighted by molar-refractivity contribution is 5.73. The molecule has 4 nitrogen and oxygen atoms in total. The molecule has 0 atom stereocenters. The predicted molar refractivity (Wildman–Crippen MR) is 57.9 cm³/mol. The highest BCUT2D eigenvalue weighted by Crippen LogP contribution is 2.19. The fourth-order valence-electron chi connectivity index (χ4n) is 0.879. The van der Waals surface area contributed by atoms with Crippen LogP contribution in [0.2, 0.25) is 0 Å². The van der Waals surface area contributed by atoms with E-state index in [2.05, 4.69) is 0 Å². The van der Waals surface area contributed by atoms with E-state index in [4.69, 9.17) is 14.6 Å². The maximum absolute atomic E-state index is 10.8. The lowest BCUT2D eigenvalue weighted by atomic mass is 9.90. The Bertz CT molecular complexity index is 187. The highest BCUT2D eigenvalue weighted by Gasteiger charge is 2.26. The number of carboxylic acids is 1. The van der Waals surface area contributed by atoms with E-state index in [-0.39, 0.29) is 6.10 Å². The zero-order chi connectivity index (χ0) is 11.9. The van der Waals surface area contributed by atoms with Crippen molar-refractivity contribution in [3.05, 3.63) is 0 Å². The van der Waals surface area contributed by atoms with E-state index < -0.39 is 11.4 Å². The summed E-state index contributed by atoms with van der Waals surface area (Å²) in [5.41, 5.74) is -0.709. The average Bonchev–Trinajstić information content (AvgIpc) is 2.10. The molecule has 0 unspecified atom stereocenters. The molecule has 1 N–H and O–H groups in total. The van der Waals surface area contributed by atoms with E-state index in [9.17, 15) is 4.79 Å². The first-order valence-corrected chi connectivity index (χ1v) is 5.29. The number of carbonyl (C=O) groups is 1. The van der Waals surface area contributed by atoms with Gasteiger partial charge in [-0.25, -0.2) is 0 Å². The molecule has 0 amide bonds. The van der Waals surface area contributed by atoms with Gasteiger partial charge in [0.05, 0.1) is 24.7 Å². The average molecular weight is 218 g/mol. The molecule has 0 aromatic carbocycles. The van der Waals surface area contributed by atoms with Crippen molar-refractivity contribution < 1.29 is 19.4 Å². The molecule has 15 heavy (non-hydrogen) atoms. The van der Waals surface area contributed by atoms with Crippen molar-refractivity contribution in [2.24, 2.45) is 5.41 Å². The summed E-state index contributed by atoms with van der Waals surface area (Å²) in [5.74, 6) is -0.787. The van der Waals surface area contributed by atoms with Crippen LogP contribution >= 0.6 is 0 Å². The molecule has 0 radical (unpaired) electrons. The molecule has 0 rings (SSSR count). The van der Waals surface area contributed by atoms with E-state index in [0.29, 0.717) is 26.2 Å². The molecule has 0 heterocycles. The smallest absolute Gasteiger partial charge is 0.309 e. The largest absolute Gasteiger partial charge is 0.481 e. The highest BCUT2D eigenvalue weighted by atomic mass is 16.5. The van der Waals surface area contributed by atoms with E-state index in [1.54, 1.807) is 13.8 Å². The van der Waals surface area contributed by atoms with Crippen molar-refractivity contribution in [3.8, 4) is 0 Å². The number of hydrogen-bond donors (Lipinski definition) is 1. The van der Waals surface area contributed by atoms with Crippen molar-refractivity contribution in [2.75, 3.05) is 19.8 Å². The molecule has 0 bridgehead atoms. The van der Waals surface area contributed by atoms with E-state index in [1.807, 2.05) is 13.8 Å². The van der Waals surface area contributed by atoms with E-state index in [0.717, 1.165) is 0 Å². The van der Waals surface area contributed by atoms with Gasteiger partial charge in [-0.3, -0.25) is 4.79 Å². The summed E-state index contributed by atoms with van der Waals surface area (Å²) in [7, 11) is 0. The van der Waals surface area contributed by atoms with Crippen molar-refractivity contribution in [1.29, 1.82) is 0 Å². The fraction of sp³-hybridized carbons (Fsp3) is 0.909. The maximum atomic E-state index is 10.8. The molecular formula is C11H22O4. The molecule has 0 spiro atoms. The molecule has 4 heteroatoms. The van der Waals surface area contributed by atoms with Gasteiger partial charge in [0.15, 0.2) is 0 Å². The topological polar surface area (TPSA) is 55.8 Å². The van der Waals surface area contributed by atoms with Gasteiger partial charge in [0.2, 0.25) is 0 Å². The number of ether oxygens (including phenoxy) is 2. The standard InChI is InChI=1S/C11H22O4/c1-9(2)15-8-7-14-6-5-11(3,4)10(12)13/h9H,5-8H2,1-4H3,(H,12,13). The lowest BCUT2D eigenvalue weighted by molar-refractivity contribution is -0.148. The zero-order valence-electron chi connectivity index (χ0n) is 10.1. The van der Waals surface area contributed by atoms with Crippen LogP contribution in [0.1, 0.15) is 34.1 Å². The minimum atomic E-state index is -0.787. The van der Waals surface area contributed by atoms with Gasteiger partial charge >= 0.3 is 5.97 Å². The molecule has 0 aromatic heterocycles. The summed E-state index contributed by atoms with van der Waals surface area (Å²) in [6.45, 7) is 8.87. The van der Waals surface area contributed by atoms with Gasteiger partial charge in [-0.1, -0.05) is 0 Å². The first-order valence-electron chi connectivity index (χ1n) is 5.29. The summed E-state index contributed by atoms with van der Waals surface area (Å²) < 4.78 is 10.6. The summed E-state index contributed by atoms with van der Waals surface area (Å²) in [4.78, 5) is 10.8. The maximum Gasteiger partial charge on any atom is 0.309 e. The Morgan fingerprint density at radius 1 is 1.27 bits per heavy atom. The third-order valence-electron chi connectivity index (χ3n) is 2.13. The van der Waals surface area contributed by atoms with Crippen LogP contribution in [0.3, 0.4) is 0 Å². The molecule has 90 valence electrons. The van der Waals surface area contributed by atoms with E-state index >= 15 is 0 Å². The first kappa shape index (κ1) is 14.4. The van der Waals surface area contributed by atoms with Crippen molar-refractivity contribution in [3.63, 3.8) is 0 Å². The fourth-order valence-corrected chi connectivity index (χ4v) is 0.879. The van der Waals surface area contributed by atoms with Crippen molar-refractivity contribution in [1.82, 2.24) is 0 Å². The Balaban J connectivity index is 3.43. The van der Waals surface area contributed by atoms with Crippen LogP contribution in [0.15, 0.2) is 0 Å². The van der Waals surface area contributed by atoms with Crippen LogP contribution < -0.4 is 0 Å². The number of hydrogen-bond acceptors (Lipinski definition) is 3. The summed E-state index contributed by atoms with van der Waals surface area (Å²) in [5, 5.41) is 8.84. The Hall–Kier alpha value is -0.610. The molecule has 0 aliphatic carbocycles.